The lowest BCUT2D eigenvalue weighted by atomic mass is 9.89. The smallest absolute Gasteiger partial charge is 0.295 e. The highest BCUT2D eigenvalue weighted by Crippen LogP contribution is 2.37. The number of phenols is 1. The van der Waals surface area contributed by atoms with Crippen LogP contribution in [0.4, 0.5) is 0 Å². The van der Waals surface area contributed by atoms with E-state index >= 15 is 0 Å². The van der Waals surface area contributed by atoms with Crippen LogP contribution in [0, 0.1) is 6.92 Å². The van der Waals surface area contributed by atoms with E-state index in [0.29, 0.717) is 12.6 Å². The van der Waals surface area contributed by atoms with Crippen LogP contribution in [0.5, 0.6) is 5.75 Å². The Hall–Kier alpha value is -3.12. The van der Waals surface area contributed by atoms with Gasteiger partial charge in [0.15, 0.2) is 6.54 Å². The number of aromatic hydroxyl groups is 1. The summed E-state index contributed by atoms with van der Waals surface area (Å²) in [6.07, 6.45) is 5.04. The topological polar surface area (TPSA) is 71.1 Å². The number of nitrogens with one attached hydrogen (secondary N) is 2. The molecule has 0 bridgehead atoms. The fourth-order valence-corrected chi connectivity index (χ4v) is 5.10. The van der Waals surface area contributed by atoms with Gasteiger partial charge in [0, 0.05) is 17.3 Å². The van der Waals surface area contributed by atoms with Crippen molar-refractivity contribution < 1.29 is 14.8 Å². The van der Waals surface area contributed by atoms with Crippen LogP contribution < -0.4 is 10.3 Å². The van der Waals surface area contributed by atoms with Crippen molar-refractivity contribution in [2.75, 3.05) is 13.1 Å². The zero-order valence-corrected chi connectivity index (χ0v) is 17.2. The molecule has 1 aromatic heterocycles. The van der Waals surface area contributed by atoms with Crippen molar-refractivity contribution in [1.29, 1.82) is 0 Å². The van der Waals surface area contributed by atoms with E-state index in [4.69, 9.17) is 0 Å². The van der Waals surface area contributed by atoms with Gasteiger partial charge in [-0.25, -0.2) is 5.43 Å². The summed E-state index contributed by atoms with van der Waals surface area (Å²) < 4.78 is 2.50. The predicted molar refractivity (Wildman–Crippen MR) is 117 cm³/mol. The number of carbonyl (C=O) groups excluding carboxylic acids is 1. The van der Waals surface area contributed by atoms with Gasteiger partial charge in [0.05, 0.1) is 25.0 Å². The number of aryl methyl sites for hydroxylation is 2. The molecule has 3 aromatic rings. The fraction of sp³-hybridized carbons (Fsp3) is 0.333. The van der Waals surface area contributed by atoms with Gasteiger partial charge in [0.2, 0.25) is 0 Å². The summed E-state index contributed by atoms with van der Waals surface area (Å²) in [5.74, 6) is 0.150. The molecule has 1 aliphatic heterocycles. The summed E-state index contributed by atoms with van der Waals surface area (Å²) >= 11 is 0. The maximum atomic E-state index is 12.6. The van der Waals surface area contributed by atoms with Crippen molar-refractivity contribution in [1.82, 2.24) is 9.99 Å². The van der Waals surface area contributed by atoms with E-state index < -0.39 is 0 Å². The number of hydrogen-bond donors (Lipinski definition) is 3. The predicted octanol–water partition coefficient (Wildman–Crippen LogP) is 2.08. The molecule has 30 heavy (non-hydrogen) atoms. The minimum atomic E-state index is -0.0624. The lowest BCUT2D eigenvalue weighted by molar-refractivity contribution is -0.929. The third kappa shape index (κ3) is 3.37. The number of hydrogen-bond acceptors (Lipinski definition) is 3. The summed E-state index contributed by atoms with van der Waals surface area (Å²) in [6, 6.07) is 13.9. The standard InChI is InChI=1S/C24H26N4O2/c1-16-5-10-21-20(13-16)19-3-2-4-22-24(19)28(21)12-11-27(22)15-23(30)26-25-14-17-6-8-18(29)9-7-17/h5-10,13-14,22,29H,2-4,11-12,15H2,1H3,(H,26,30)/p+1/b25-14+/t22-/m0/s1. The Balaban J connectivity index is 1.32. The van der Waals surface area contributed by atoms with Gasteiger partial charge in [-0.3, -0.25) is 4.79 Å². The van der Waals surface area contributed by atoms with Gasteiger partial charge in [-0.05, 0) is 67.3 Å². The molecule has 0 radical (unpaired) electrons. The van der Waals surface area contributed by atoms with Crippen LogP contribution in [-0.2, 0) is 17.8 Å². The van der Waals surface area contributed by atoms with Crippen LogP contribution in [0.2, 0.25) is 0 Å². The Bertz CT molecular complexity index is 1130. The zero-order valence-electron chi connectivity index (χ0n) is 17.2. The van der Waals surface area contributed by atoms with Crippen LogP contribution >= 0.6 is 0 Å². The van der Waals surface area contributed by atoms with Crippen molar-refractivity contribution in [3.8, 4) is 5.75 Å². The third-order valence-electron chi connectivity index (χ3n) is 6.45. The number of fused-ring (bicyclic) bond motifs is 3. The fourth-order valence-electron chi connectivity index (χ4n) is 5.10. The summed E-state index contributed by atoms with van der Waals surface area (Å²) in [5.41, 5.74) is 9.09. The Labute approximate surface area is 175 Å². The number of quaternary nitrogens is 1. The summed E-state index contributed by atoms with van der Waals surface area (Å²) in [7, 11) is 0. The quantitative estimate of drug-likeness (QED) is 0.461. The molecule has 1 aliphatic carbocycles. The SMILES string of the molecule is Cc1ccc2c(c1)c1c3n2CC[NH+](CC(=O)N/N=C/c2ccc(O)cc2)[C@H]3CCC1. The molecule has 2 aliphatic rings. The number of nitrogens with zero attached hydrogens (tertiary/aromatic N) is 2. The first-order valence-corrected chi connectivity index (χ1v) is 10.7. The lowest BCUT2D eigenvalue weighted by Gasteiger charge is -2.36. The first-order valence-electron chi connectivity index (χ1n) is 10.7. The van der Waals surface area contributed by atoms with Crippen LogP contribution in [0.1, 0.15) is 41.3 Å². The van der Waals surface area contributed by atoms with E-state index in [-0.39, 0.29) is 11.7 Å². The molecule has 3 N–H and O–H groups in total. The van der Waals surface area contributed by atoms with E-state index in [2.05, 4.69) is 40.2 Å². The molecule has 2 aromatic carbocycles. The van der Waals surface area contributed by atoms with E-state index in [0.717, 1.165) is 31.5 Å². The number of carbonyl (C=O) groups is 1. The van der Waals surface area contributed by atoms with Crippen LogP contribution in [0.3, 0.4) is 0 Å². The van der Waals surface area contributed by atoms with Crippen LogP contribution in [0.15, 0.2) is 47.6 Å². The maximum absolute atomic E-state index is 12.6. The van der Waals surface area contributed by atoms with Crippen LogP contribution in [-0.4, -0.2) is 34.9 Å². The number of amides is 1. The van der Waals surface area contributed by atoms with Gasteiger partial charge >= 0.3 is 0 Å². The molecule has 0 spiro atoms. The average Bonchev–Trinajstić information content (AvgIpc) is 3.06. The monoisotopic (exact) mass is 403 g/mol. The van der Waals surface area contributed by atoms with Crippen molar-refractivity contribution in [3.05, 3.63) is 64.8 Å². The molecule has 1 amide bonds. The van der Waals surface area contributed by atoms with Crippen molar-refractivity contribution in [3.63, 3.8) is 0 Å². The molecule has 1 unspecified atom stereocenters. The third-order valence-corrected chi connectivity index (χ3v) is 6.45. The summed E-state index contributed by atoms with van der Waals surface area (Å²) in [6.45, 7) is 4.48. The molecular weight excluding hydrogens is 376 g/mol. The molecule has 2 atom stereocenters. The van der Waals surface area contributed by atoms with E-state index in [1.807, 2.05) is 0 Å². The van der Waals surface area contributed by atoms with Gasteiger partial charge in [-0.1, -0.05) is 11.6 Å². The Morgan fingerprint density at radius 2 is 2.13 bits per heavy atom. The Kier molecular flexibility index (Phi) is 4.79. The molecule has 154 valence electrons. The maximum Gasteiger partial charge on any atom is 0.295 e. The number of rotatable bonds is 4. The number of hydrazone groups is 1. The second kappa shape index (κ2) is 7.61. The lowest BCUT2D eigenvalue weighted by Crippen LogP contribution is -3.14. The van der Waals surface area contributed by atoms with Crippen molar-refractivity contribution >= 4 is 23.0 Å². The highest BCUT2D eigenvalue weighted by atomic mass is 16.3. The molecule has 6 nitrogen and oxygen atoms in total. The molecule has 2 heterocycles. The van der Waals surface area contributed by atoms with Crippen LogP contribution in [0.25, 0.3) is 10.9 Å². The van der Waals surface area contributed by atoms with E-state index in [1.54, 1.807) is 30.5 Å². The minimum absolute atomic E-state index is 0.0624. The second-order valence-corrected chi connectivity index (χ2v) is 8.45. The van der Waals surface area contributed by atoms with Gasteiger partial charge in [-0.2, -0.15) is 5.10 Å². The first-order chi connectivity index (χ1) is 14.6. The van der Waals surface area contributed by atoms with Gasteiger partial charge in [0.1, 0.15) is 11.8 Å². The van der Waals surface area contributed by atoms with Gasteiger partial charge < -0.3 is 14.6 Å². The summed E-state index contributed by atoms with van der Waals surface area (Å²) in [5, 5.41) is 14.8. The summed E-state index contributed by atoms with van der Waals surface area (Å²) in [4.78, 5) is 13.9. The normalized spacial score (nSPS) is 20.4. The van der Waals surface area contributed by atoms with Gasteiger partial charge in [-0.15, -0.1) is 0 Å². The van der Waals surface area contributed by atoms with Gasteiger partial charge in [0.25, 0.3) is 5.91 Å². The zero-order chi connectivity index (χ0) is 20.7. The van der Waals surface area contributed by atoms with E-state index in [9.17, 15) is 9.90 Å². The molecule has 6 heteroatoms. The number of phenolic OH excluding ortho intramolecular Hbond substituents is 1. The molecule has 5 rings (SSSR count). The highest BCUT2D eigenvalue weighted by molar-refractivity contribution is 5.87. The Morgan fingerprint density at radius 1 is 1.30 bits per heavy atom. The largest absolute Gasteiger partial charge is 0.508 e. The number of aromatic nitrogens is 1. The molecule has 0 saturated carbocycles. The molecule has 0 fully saturated rings. The minimum Gasteiger partial charge on any atom is -0.508 e. The van der Waals surface area contributed by atoms with E-state index in [1.165, 1.54) is 39.0 Å². The van der Waals surface area contributed by atoms with Crippen molar-refractivity contribution in [2.45, 2.75) is 38.8 Å². The average molecular weight is 404 g/mol. The first kappa shape index (κ1) is 18.9. The second-order valence-electron chi connectivity index (χ2n) is 8.45. The highest BCUT2D eigenvalue weighted by Gasteiger charge is 2.38. The van der Waals surface area contributed by atoms with Crippen molar-refractivity contribution in [2.24, 2.45) is 5.10 Å². The Morgan fingerprint density at radius 3 is 2.97 bits per heavy atom. The number of benzene rings is 2. The molecule has 0 saturated heterocycles. The molecular formula is C24H27N4O2+.